The van der Waals surface area contributed by atoms with Crippen LogP contribution >= 0.6 is 0 Å². The Bertz CT molecular complexity index is 1540. The van der Waals surface area contributed by atoms with Gasteiger partial charge in [0.05, 0.1) is 34.2 Å². The predicted octanol–water partition coefficient (Wildman–Crippen LogP) is 6.25. The van der Waals surface area contributed by atoms with Crippen molar-refractivity contribution in [3.63, 3.8) is 0 Å². The molecule has 0 bridgehead atoms. The van der Waals surface area contributed by atoms with Crippen molar-refractivity contribution in [3.05, 3.63) is 180 Å². The van der Waals surface area contributed by atoms with Crippen molar-refractivity contribution in [2.75, 3.05) is 0 Å². The van der Waals surface area contributed by atoms with Crippen molar-refractivity contribution in [2.45, 2.75) is 52.1 Å². The van der Waals surface area contributed by atoms with E-state index < -0.39 is 0 Å². The third-order valence-corrected chi connectivity index (χ3v) is 7.58. The van der Waals surface area contributed by atoms with Gasteiger partial charge in [-0.15, -0.1) is 0 Å². The van der Waals surface area contributed by atoms with E-state index in [0.717, 1.165) is 84.6 Å². The zero-order valence-electron chi connectivity index (χ0n) is 25.9. The van der Waals surface area contributed by atoms with Crippen LogP contribution in [0.5, 0.6) is 0 Å². The van der Waals surface area contributed by atoms with E-state index in [4.69, 9.17) is 9.97 Å². The third kappa shape index (κ3) is 9.66. The number of aromatic nitrogens is 6. The normalized spacial score (nSPS) is 11.3. The van der Waals surface area contributed by atoms with Gasteiger partial charge in [0.2, 0.25) is 0 Å². The van der Waals surface area contributed by atoms with Crippen molar-refractivity contribution in [1.29, 1.82) is 0 Å². The molecule has 6 heterocycles. The molecule has 6 aromatic heterocycles. The van der Waals surface area contributed by atoms with Gasteiger partial charge < -0.3 is 0 Å². The Labute approximate surface area is 270 Å². The summed E-state index contributed by atoms with van der Waals surface area (Å²) >= 11 is 0. The first-order valence-corrected chi connectivity index (χ1v) is 15.7. The van der Waals surface area contributed by atoms with E-state index in [1.165, 1.54) is 0 Å². The molecule has 8 nitrogen and oxygen atoms in total. The SMILES string of the molecule is c1ccc(CN(Cc2ccccn2)Cc2cccc(CCc3cccc(CN(Cc4ccccn4)Cc4ccccn4)n3)n2)nc1. The summed E-state index contributed by atoms with van der Waals surface area (Å²) in [5.74, 6) is 0. The lowest BCUT2D eigenvalue weighted by atomic mass is 10.1. The predicted molar refractivity (Wildman–Crippen MR) is 179 cm³/mol. The molecule has 8 heteroatoms. The molecule has 0 atom stereocenters. The first kappa shape index (κ1) is 30.8. The van der Waals surface area contributed by atoms with Gasteiger partial charge in [-0.1, -0.05) is 36.4 Å². The zero-order valence-corrected chi connectivity index (χ0v) is 25.9. The van der Waals surface area contributed by atoms with Gasteiger partial charge in [0.25, 0.3) is 0 Å². The fraction of sp³-hybridized carbons (Fsp3) is 0.211. The minimum absolute atomic E-state index is 0.705. The second-order valence-electron chi connectivity index (χ2n) is 11.3. The Morgan fingerprint density at radius 2 is 0.587 bits per heavy atom. The number of aryl methyl sites for hydroxylation is 2. The molecule has 6 rings (SSSR count). The zero-order chi connectivity index (χ0) is 31.2. The van der Waals surface area contributed by atoms with Gasteiger partial charge in [0, 0.05) is 75.4 Å². The molecule has 0 fully saturated rings. The number of rotatable bonds is 15. The lowest BCUT2D eigenvalue weighted by molar-refractivity contribution is 0.238. The van der Waals surface area contributed by atoms with Crippen LogP contribution in [0.15, 0.2) is 134 Å². The largest absolute Gasteiger partial charge is 0.286 e. The van der Waals surface area contributed by atoms with Crippen LogP contribution in [-0.2, 0) is 52.1 Å². The number of hydrogen-bond donors (Lipinski definition) is 0. The molecule has 0 aromatic carbocycles. The van der Waals surface area contributed by atoms with E-state index in [-0.39, 0.29) is 0 Å². The molecule has 46 heavy (non-hydrogen) atoms. The Hall–Kier alpha value is -5.18. The number of pyridine rings is 6. The summed E-state index contributed by atoms with van der Waals surface area (Å²) in [5, 5.41) is 0. The van der Waals surface area contributed by atoms with E-state index >= 15 is 0 Å². The van der Waals surface area contributed by atoms with Crippen LogP contribution in [0, 0.1) is 0 Å². The lowest BCUT2D eigenvalue weighted by Gasteiger charge is -2.22. The summed E-state index contributed by atoms with van der Waals surface area (Å²) in [5.41, 5.74) is 8.30. The standard InChI is InChI=1S/C38H38N8/c1-5-21-39-33(11-1)25-45(26-34-12-2-6-22-40-34)29-37-17-9-15-31(43-37)19-20-32-16-10-18-38(44-32)30-46(27-35-13-3-7-23-41-35)28-36-14-4-8-24-42-36/h1-18,21-24H,19-20,25-30H2. The van der Waals surface area contributed by atoms with Crippen LogP contribution in [-0.4, -0.2) is 39.7 Å². The van der Waals surface area contributed by atoms with Gasteiger partial charge in [-0.2, -0.15) is 0 Å². The van der Waals surface area contributed by atoms with E-state index in [9.17, 15) is 0 Å². The van der Waals surface area contributed by atoms with Crippen molar-refractivity contribution in [2.24, 2.45) is 0 Å². The maximum absolute atomic E-state index is 5.04. The van der Waals surface area contributed by atoms with Crippen LogP contribution in [0.25, 0.3) is 0 Å². The van der Waals surface area contributed by atoms with Crippen LogP contribution in [0.4, 0.5) is 0 Å². The van der Waals surface area contributed by atoms with Crippen LogP contribution < -0.4 is 0 Å². The lowest BCUT2D eigenvalue weighted by Crippen LogP contribution is -2.24. The topological polar surface area (TPSA) is 83.8 Å². The average Bonchev–Trinajstić information content (AvgIpc) is 3.09. The van der Waals surface area contributed by atoms with Gasteiger partial charge in [0.1, 0.15) is 0 Å². The van der Waals surface area contributed by atoms with Crippen LogP contribution in [0.2, 0.25) is 0 Å². The van der Waals surface area contributed by atoms with Gasteiger partial charge in [-0.25, -0.2) is 0 Å². The van der Waals surface area contributed by atoms with Crippen LogP contribution in [0.1, 0.15) is 45.6 Å². The quantitative estimate of drug-likeness (QED) is 0.136. The van der Waals surface area contributed by atoms with Gasteiger partial charge in [-0.3, -0.25) is 39.7 Å². The molecule has 0 aliphatic carbocycles. The Morgan fingerprint density at radius 1 is 0.304 bits per heavy atom. The summed E-state index contributed by atoms with van der Waals surface area (Å²) in [6.45, 7) is 4.29. The molecule has 0 aliphatic rings. The summed E-state index contributed by atoms with van der Waals surface area (Å²) in [7, 11) is 0. The summed E-state index contributed by atoms with van der Waals surface area (Å²) in [6, 6.07) is 36.8. The molecule has 0 spiro atoms. The van der Waals surface area contributed by atoms with E-state index in [0.29, 0.717) is 13.1 Å². The molecule has 230 valence electrons. The minimum atomic E-state index is 0.705. The van der Waals surface area contributed by atoms with Crippen LogP contribution in [0.3, 0.4) is 0 Å². The van der Waals surface area contributed by atoms with Gasteiger partial charge in [0.15, 0.2) is 0 Å². The highest BCUT2D eigenvalue weighted by Crippen LogP contribution is 2.15. The first-order valence-electron chi connectivity index (χ1n) is 15.7. The Balaban J connectivity index is 1.10. The second kappa shape index (κ2) is 16.2. The molecule has 0 radical (unpaired) electrons. The second-order valence-corrected chi connectivity index (χ2v) is 11.3. The smallest absolute Gasteiger partial charge is 0.0547 e. The van der Waals surface area contributed by atoms with E-state index in [1.807, 2.05) is 73.3 Å². The fourth-order valence-corrected chi connectivity index (χ4v) is 5.45. The van der Waals surface area contributed by atoms with E-state index in [1.54, 1.807) is 0 Å². The molecule has 0 saturated heterocycles. The molecular formula is C38H38N8. The number of nitrogens with zero attached hydrogens (tertiary/aromatic N) is 8. The van der Waals surface area contributed by atoms with Gasteiger partial charge in [-0.05, 0) is 85.6 Å². The Morgan fingerprint density at radius 3 is 0.891 bits per heavy atom. The first-order chi connectivity index (χ1) is 22.7. The maximum Gasteiger partial charge on any atom is 0.0547 e. The molecule has 0 aliphatic heterocycles. The molecule has 0 saturated carbocycles. The summed E-state index contributed by atoms with van der Waals surface area (Å²) < 4.78 is 0. The highest BCUT2D eigenvalue weighted by molar-refractivity contribution is 5.17. The van der Waals surface area contributed by atoms with Crippen molar-refractivity contribution < 1.29 is 0 Å². The molecule has 0 N–H and O–H groups in total. The van der Waals surface area contributed by atoms with Gasteiger partial charge >= 0.3 is 0 Å². The van der Waals surface area contributed by atoms with Crippen molar-refractivity contribution in [3.8, 4) is 0 Å². The highest BCUT2D eigenvalue weighted by atomic mass is 15.2. The minimum Gasteiger partial charge on any atom is -0.286 e. The fourth-order valence-electron chi connectivity index (χ4n) is 5.45. The molecule has 0 amide bonds. The highest BCUT2D eigenvalue weighted by Gasteiger charge is 2.13. The molecule has 0 unspecified atom stereocenters. The van der Waals surface area contributed by atoms with Crippen molar-refractivity contribution in [1.82, 2.24) is 39.7 Å². The molecule has 6 aromatic rings. The van der Waals surface area contributed by atoms with E-state index in [2.05, 4.69) is 90.4 Å². The molecular weight excluding hydrogens is 568 g/mol. The summed E-state index contributed by atoms with van der Waals surface area (Å²) in [6.07, 6.45) is 9.00. The maximum atomic E-state index is 5.04. The van der Waals surface area contributed by atoms with Crippen molar-refractivity contribution >= 4 is 0 Å². The summed E-state index contributed by atoms with van der Waals surface area (Å²) in [4.78, 5) is 33.0. The number of hydrogen-bond acceptors (Lipinski definition) is 8. The Kier molecular flexibility index (Phi) is 10.9. The third-order valence-electron chi connectivity index (χ3n) is 7.58. The monoisotopic (exact) mass is 606 g/mol. The average molecular weight is 607 g/mol.